The number of aromatic amines is 1. The molecule has 114 valence electrons. The van der Waals surface area contributed by atoms with Crippen molar-refractivity contribution >= 4 is 67.7 Å². The van der Waals surface area contributed by atoms with E-state index in [-0.39, 0.29) is 5.25 Å². The van der Waals surface area contributed by atoms with Gasteiger partial charge in [0.05, 0.1) is 9.72 Å². The van der Waals surface area contributed by atoms with Gasteiger partial charge in [-0.1, -0.05) is 23.4 Å². The molecule has 22 heavy (non-hydrogen) atoms. The summed E-state index contributed by atoms with van der Waals surface area (Å²) in [5.41, 5.74) is 7.20. The van der Waals surface area contributed by atoms with E-state index >= 15 is 0 Å². The molecule has 1 atom stereocenters. The third-order valence-corrected chi connectivity index (χ3v) is 5.02. The van der Waals surface area contributed by atoms with Crippen molar-refractivity contribution < 1.29 is 9.40 Å². The van der Waals surface area contributed by atoms with Gasteiger partial charge in [-0.05, 0) is 34.5 Å². The van der Waals surface area contributed by atoms with E-state index in [0.29, 0.717) is 26.9 Å². The zero-order chi connectivity index (χ0) is 15.9. The Bertz CT molecular complexity index is 837. The van der Waals surface area contributed by atoms with Crippen LogP contribution < -0.4 is 10.7 Å². The number of H-pyrrole nitrogens is 1. The van der Waals surface area contributed by atoms with Crippen LogP contribution in [0.2, 0.25) is 10.3 Å². The molecule has 9 heteroatoms. The highest BCUT2D eigenvalue weighted by Crippen LogP contribution is 2.35. The lowest BCUT2D eigenvalue weighted by Crippen LogP contribution is -2.14. The number of aromatic nitrogens is 3. The maximum absolute atomic E-state index is 6.22. The van der Waals surface area contributed by atoms with Crippen molar-refractivity contribution in [3.8, 4) is 0 Å². The number of thioether (sulfide) groups is 1. The maximum Gasteiger partial charge on any atom is 0.317 e. The standard InChI is InChI=1S/C13H9BrCl2N4OS/c1-5(22-13-19-9(15)3-10(17)20-13)8-2-6-7(14)4-21-11(6)12(16)18-8/h2-5H,1H3,(H2,17,19,20)/p+1. The first-order valence-electron chi connectivity index (χ1n) is 6.19. The Morgan fingerprint density at radius 1 is 1.36 bits per heavy atom. The Labute approximate surface area is 148 Å². The van der Waals surface area contributed by atoms with Crippen LogP contribution in [0, 0.1) is 0 Å². The summed E-state index contributed by atoms with van der Waals surface area (Å²) in [5, 5.41) is 2.18. The highest BCUT2D eigenvalue weighted by atomic mass is 79.9. The number of hydrogen-bond acceptors (Lipinski definition) is 5. The second kappa shape index (κ2) is 6.23. The van der Waals surface area contributed by atoms with Gasteiger partial charge in [-0.25, -0.2) is 9.97 Å². The molecule has 5 nitrogen and oxygen atoms in total. The summed E-state index contributed by atoms with van der Waals surface area (Å²) in [6, 6.07) is 3.48. The fourth-order valence-electron chi connectivity index (χ4n) is 1.93. The maximum atomic E-state index is 6.22. The number of nitrogen functional groups attached to an aromatic ring is 1. The lowest BCUT2D eigenvalue weighted by molar-refractivity contribution is -0.386. The molecular formula is C13H10BrCl2N4OS+. The number of rotatable bonds is 3. The summed E-state index contributed by atoms with van der Waals surface area (Å²) in [7, 11) is 0. The van der Waals surface area contributed by atoms with E-state index in [1.165, 1.54) is 17.8 Å². The lowest BCUT2D eigenvalue weighted by Gasteiger charge is -2.07. The fourth-order valence-corrected chi connectivity index (χ4v) is 3.70. The normalized spacial score (nSPS) is 12.7. The molecule has 0 spiro atoms. The number of nitrogens with one attached hydrogen (secondary N) is 1. The number of furan rings is 1. The summed E-state index contributed by atoms with van der Waals surface area (Å²) in [4.78, 5) is 11.4. The SMILES string of the molecule is CC(Sc1nc(N)cc(Cl)n1)c1cc2c(Br)coc2c(Cl)[nH+]1. The first-order valence-corrected chi connectivity index (χ1v) is 8.62. The summed E-state index contributed by atoms with van der Waals surface area (Å²) in [5.74, 6) is 0.338. The Hall–Kier alpha value is -1.02. The third-order valence-electron chi connectivity index (χ3n) is 2.95. The molecule has 3 N–H and O–H groups in total. The summed E-state index contributed by atoms with van der Waals surface area (Å²) < 4.78 is 6.24. The molecule has 3 rings (SSSR count). The average Bonchev–Trinajstić information content (AvgIpc) is 2.80. The van der Waals surface area contributed by atoms with Gasteiger partial charge in [0.1, 0.15) is 17.2 Å². The predicted molar refractivity (Wildman–Crippen MR) is 91.2 cm³/mol. The number of halogens is 3. The van der Waals surface area contributed by atoms with E-state index in [2.05, 4.69) is 30.9 Å². The van der Waals surface area contributed by atoms with E-state index < -0.39 is 0 Å². The van der Waals surface area contributed by atoms with Crippen molar-refractivity contribution in [1.82, 2.24) is 9.97 Å². The van der Waals surface area contributed by atoms with Crippen LogP contribution in [0.4, 0.5) is 5.82 Å². The van der Waals surface area contributed by atoms with Gasteiger partial charge in [0.15, 0.2) is 10.9 Å². The number of pyridine rings is 1. The number of hydrogen-bond donors (Lipinski definition) is 1. The molecule has 0 radical (unpaired) electrons. The molecule has 0 saturated heterocycles. The van der Waals surface area contributed by atoms with E-state index in [9.17, 15) is 0 Å². The number of nitrogens with two attached hydrogens (primary N) is 1. The molecule has 0 amide bonds. The summed E-state index contributed by atoms with van der Waals surface area (Å²) in [6.07, 6.45) is 1.60. The molecule has 0 aliphatic rings. The monoisotopic (exact) mass is 419 g/mol. The Balaban J connectivity index is 1.94. The Morgan fingerprint density at radius 3 is 2.86 bits per heavy atom. The molecule has 0 bridgehead atoms. The summed E-state index contributed by atoms with van der Waals surface area (Å²) >= 11 is 17.0. The Morgan fingerprint density at radius 2 is 2.14 bits per heavy atom. The zero-order valence-electron chi connectivity index (χ0n) is 11.2. The van der Waals surface area contributed by atoms with Gasteiger partial charge in [0.2, 0.25) is 5.58 Å². The molecule has 0 fully saturated rings. The van der Waals surface area contributed by atoms with Gasteiger partial charge in [-0.15, -0.1) is 0 Å². The largest absolute Gasteiger partial charge is 0.455 e. The molecule has 0 aromatic carbocycles. The first kappa shape index (κ1) is 15.9. The molecule has 3 heterocycles. The highest BCUT2D eigenvalue weighted by Gasteiger charge is 2.22. The zero-order valence-corrected chi connectivity index (χ0v) is 15.1. The van der Waals surface area contributed by atoms with Crippen molar-refractivity contribution in [3.63, 3.8) is 0 Å². The van der Waals surface area contributed by atoms with E-state index in [4.69, 9.17) is 33.4 Å². The Kier molecular flexibility index (Phi) is 4.49. The van der Waals surface area contributed by atoms with Gasteiger partial charge in [-0.3, -0.25) is 0 Å². The van der Waals surface area contributed by atoms with Gasteiger partial charge < -0.3 is 10.2 Å². The quantitative estimate of drug-likeness (QED) is 0.291. The minimum atomic E-state index is 0.0153. The van der Waals surface area contributed by atoms with Crippen molar-refractivity contribution in [1.29, 1.82) is 0 Å². The number of nitrogens with zero attached hydrogens (tertiary/aromatic N) is 2. The second-order valence-corrected chi connectivity index (χ2v) is 7.45. The first-order chi connectivity index (χ1) is 10.4. The molecule has 0 saturated carbocycles. The lowest BCUT2D eigenvalue weighted by atomic mass is 10.2. The van der Waals surface area contributed by atoms with Gasteiger partial charge in [0.25, 0.3) is 0 Å². The minimum absolute atomic E-state index is 0.0153. The topological polar surface area (TPSA) is 79.1 Å². The van der Waals surface area contributed by atoms with E-state index in [1.807, 2.05) is 13.0 Å². The van der Waals surface area contributed by atoms with Crippen molar-refractivity contribution in [2.45, 2.75) is 17.3 Å². The predicted octanol–water partition coefficient (Wildman–Crippen LogP) is 4.54. The molecule has 0 aliphatic heterocycles. The molecule has 3 aromatic rings. The van der Waals surface area contributed by atoms with Gasteiger partial charge in [-0.2, -0.15) is 4.98 Å². The van der Waals surface area contributed by atoms with E-state index in [0.717, 1.165) is 15.6 Å². The van der Waals surface area contributed by atoms with Crippen LogP contribution >= 0.6 is 50.9 Å². The number of anilines is 1. The minimum Gasteiger partial charge on any atom is -0.455 e. The van der Waals surface area contributed by atoms with Gasteiger partial charge >= 0.3 is 5.15 Å². The van der Waals surface area contributed by atoms with Crippen LogP contribution in [0.1, 0.15) is 17.9 Å². The fraction of sp³-hybridized carbons (Fsp3) is 0.154. The molecule has 1 unspecified atom stereocenters. The van der Waals surface area contributed by atoms with Crippen LogP contribution in [-0.2, 0) is 0 Å². The van der Waals surface area contributed by atoms with Crippen LogP contribution in [0.5, 0.6) is 0 Å². The van der Waals surface area contributed by atoms with Crippen LogP contribution in [0.15, 0.2) is 32.4 Å². The van der Waals surface area contributed by atoms with Crippen molar-refractivity contribution in [2.24, 2.45) is 0 Å². The molecule has 3 aromatic heterocycles. The highest BCUT2D eigenvalue weighted by molar-refractivity contribution is 9.10. The van der Waals surface area contributed by atoms with Crippen molar-refractivity contribution in [3.05, 3.63) is 38.9 Å². The number of fused-ring (bicyclic) bond motifs is 1. The second-order valence-electron chi connectivity index (χ2n) is 4.52. The van der Waals surface area contributed by atoms with Crippen LogP contribution in [-0.4, -0.2) is 9.97 Å². The average molecular weight is 421 g/mol. The van der Waals surface area contributed by atoms with Crippen LogP contribution in [0.25, 0.3) is 11.0 Å². The summed E-state index contributed by atoms with van der Waals surface area (Å²) in [6.45, 7) is 2.01. The van der Waals surface area contributed by atoms with Crippen LogP contribution in [0.3, 0.4) is 0 Å². The van der Waals surface area contributed by atoms with E-state index in [1.54, 1.807) is 6.26 Å². The van der Waals surface area contributed by atoms with Crippen molar-refractivity contribution in [2.75, 3.05) is 5.73 Å². The van der Waals surface area contributed by atoms with Gasteiger partial charge in [0, 0.05) is 17.5 Å². The smallest absolute Gasteiger partial charge is 0.317 e. The molecule has 0 aliphatic carbocycles. The third kappa shape index (κ3) is 3.17. The molecular weight excluding hydrogens is 411 g/mol.